The smallest absolute Gasteiger partial charge is 0.342 e. The Labute approximate surface area is 165 Å². The van der Waals surface area contributed by atoms with Gasteiger partial charge in [0.05, 0.1) is 28.2 Å². The Balaban J connectivity index is 2.03. The molecular weight excluding hydrogens is 385 g/mol. The van der Waals surface area contributed by atoms with Crippen LogP contribution < -0.4 is 15.1 Å². The standard InChI is InChI=1S/C19H22FN3O4S/c1-3-27-17-13-11(10-12(15(17)20)22-6-4-21(2)5-7-22)23-8-9-28-18(23)14(16(13)24)19(25)26/h10H,3-9H2,1-2H3,(H,25,26). The number of nitrogens with zero attached hydrogens (tertiary/aromatic N) is 3. The number of ether oxygens (including phenoxy) is 1. The first kappa shape index (κ1) is 19.1. The SMILES string of the molecule is CCOc1c(F)c(N2CCN(C)CC2)cc2c1c(=O)c(C(=O)O)c1n2CCS1. The predicted molar refractivity (Wildman–Crippen MR) is 107 cm³/mol. The van der Waals surface area contributed by atoms with E-state index >= 15 is 4.39 Å². The number of carbonyl (C=O) groups is 1. The normalized spacial score (nSPS) is 17.2. The Bertz CT molecular complexity index is 1010. The van der Waals surface area contributed by atoms with Crippen molar-refractivity contribution < 1.29 is 19.0 Å². The zero-order valence-corrected chi connectivity index (χ0v) is 16.6. The summed E-state index contributed by atoms with van der Waals surface area (Å²) in [5.41, 5.74) is -0.0509. The molecule has 1 fully saturated rings. The molecule has 0 radical (unpaired) electrons. The number of thioether (sulfide) groups is 1. The summed E-state index contributed by atoms with van der Waals surface area (Å²) in [7, 11) is 2.02. The first-order valence-corrected chi connectivity index (χ1v) is 10.3. The van der Waals surface area contributed by atoms with E-state index in [9.17, 15) is 14.7 Å². The van der Waals surface area contributed by atoms with Crippen molar-refractivity contribution in [1.82, 2.24) is 9.47 Å². The summed E-state index contributed by atoms with van der Waals surface area (Å²) in [4.78, 5) is 28.9. The van der Waals surface area contributed by atoms with Crippen molar-refractivity contribution >= 4 is 34.3 Å². The lowest BCUT2D eigenvalue weighted by molar-refractivity contribution is 0.0690. The molecule has 150 valence electrons. The van der Waals surface area contributed by atoms with Crippen molar-refractivity contribution in [2.45, 2.75) is 18.5 Å². The van der Waals surface area contributed by atoms with Crippen LogP contribution in [0.15, 0.2) is 15.9 Å². The van der Waals surface area contributed by atoms with Gasteiger partial charge in [-0.05, 0) is 20.0 Å². The highest BCUT2D eigenvalue weighted by Crippen LogP contribution is 2.39. The fourth-order valence-electron chi connectivity index (χ4n) is 3.86. The third-order valence-corrected chi connectivity index (χ3v) is 6.37. The molecule has 2 aromatic rings. The molecule has 2 aliphatic heterocycles. The molecule has 1 aromatic carbocycles. The summed E-state index contributed by atoms with van der Waals surface area (Å²) in [6, 6.07) is 1.68. The summed E-state index contributed by atoms with van der Waals surface area (Å²) < 4.78 is 22.8. The highest BCUT2D eigenvalue weighted by atomic mass is 32.2. The molecule has 0 amide bonds. The number of hydrogen-bond acceptors (Lipinski definition) is 6. The van der Waals surface area contributed by atoms with Gasteiger partial charge in [0, 0.05) is 38.5 Å². The molecule has 3 heterocycles. The van der Waals surface area contributed by atoms with Gasteiger partial charge < -0.3 is 24.2 Å². The van der Waals surface area contributed by atoms with E-state index in [0.29, 0.717) is 41.6 Å². The van der Waals surface area contributed by atoms with Gasteiger partial charge in [0.25, 0.3) is 0 Å². The molecule has 1 N–H and O–H groups in total. The Morgan fingerprint density at radius 2 is 2.00 bits per heavy atom. The fraction of sp³-hybridized carbons (Fsp3) is 0.474. The summed E-state index contributed by atoms with van der Waals surface area (Å²) in [6.07, 6.45) is 0. The van der Waals surface area contributed by atoms with Crippen molar-refractivity contribution in [1.29, 1.82) is 0 Å². The number of aryl methyl sites for hydroxylation is 1. The number of likely N-dealkylation sites (N-methyl/N-ethyl adjacent to an activating group) is 1. The summed E-state index contributed by atoms with van der Waals surface area (Å²) in [5.74, 6) is -1.37. The number of carboxylic acid groups (broad SMARTS) is 1. The van der Waals surface area contributed by atoms with Crippen molar-refractivity contribution in [3.05, 3.63) is 27.7 Å². The van der Waals surface area contributed by atoms with Crippen molar-refractivity contribution in [3.63, 3.8) is 0 Å². The predicted octanol–water partition coefficient (Wildman–Crippen LogP) is 2.09. The number of aromatic carboxylic acids is 1. The summed E-state index contributed by atoms with van der Waals surface area (Å²) in [5, 5.41) is 10.0. The van der Waals surface area contributed by atoms with Gasteiger partial charge in [0.2, 0.25) is 5.43 Å². The van der Waals surface area contributed by atoms with Crippen LogP contribution in [-0.4, -0.2) is 66.1 Å². The second-order valence-corrected chi connectivity index (χ2v) is 8.05. The molecule has 1 aromatic heterocycles. The van der Waals surface area contributed by atoms with E-state index in [-0.39, 0.29) is 23.3 Å². The van der Waals surface area contributed by atoms with E-state index in [2.05, 4.69) is 4.90 Å². The average molecular weight is 407 g/mol. The number of anilines is 1. The van der Waals surface area contributed by atoms with Gasteiger partial charge >= 0.3 is 5.97 Å². The average Bonchev–Trinajstić information content (AvgIpc) is 3.13. The van der Waals surface area contributed by atoms with Gasteiger partial charge in [0.15, 0.2) is 11.6 Å². The number of fused-ring (bicyclic) bond motifs is 3. The molecule has 4 rings (SSSR count). The molecule has 0 aliphatic carbocycles. The molecule has 0 saturated carbocycles. The number of pyridine rings is 1. The van der Waals surface area contributed by atoms with Crippen molar-refractivity contribution in [3.8, 4) is 5.75 Å². The van der Waals surface area contributed by atoms with Gasteiger partial charge in [-0.25, -0.2) is 9.18 Å². The fourth-order valence-corrected chi connectivity index (χ4v) is 4.99. The van der Waals surface area contributed by atoms with Gasteiger partial charge in [-0.15, -0.1) is 11.8 Å². The number of benzene rings is 1. The third-order valence-electron chi connectivity index (χ3n) is 5.28. The number of rotatable bonds is 4. The van der Waals surface area contributed by atoms with E-state index in [1.165, 1.54) is 11.8 Å². The van der Waals surface area contributed by atoms with Gasteiger partial charge in [-0.1, -0.05) is 0 Å². The second-order valence-electron chi connectivity index (χ2n) is 6.97. The van der Waals surface area contributed by atoms with Crippen LogP contribution in [0.3, 0.4) is 0 Å². The maximum absolute atomic E-state index is 15.5. The minimum Gasteiger partial charge on any atom is -0.490 e. The molecule has 0 unspecified atom stereocenters. The first-order chi connectivity index (χ1) is 13.4. The highest BCUT2D eigenvalue weighted by molar-refractivity contribution is 7.99. The van der Waals surface area contributed by atoms with Crippen LogP contribution in [0.1, 0.15) is 17.3 Å². The molecule has 0 atom stereocenters. The highest BCUT2D eigenvalue weighted by Gasteiger charge is 2.31. The molecule has 28 heavy (non-hydrogen) atoms. The Hall–Kier alpha value is -2.26. The quantitative estimate of drug-likeness (QED) is 0.832. The van der Waals surface area contributed by atoms with E-state index < -0.39 is 17.2 Å². The molecule has 1 saturated heterocycles. The lowest BCUT2D eigenvalue weighted by atomic mass is 10.1. The maximum atomic E-state index is 15.5. The van der Waals surface area contributed by atoms with Crippen LogP contribution in [0.5, 0.6) is 5.75 Å². The monoisotopic (exact) mass is 407 g/mol. The van der Waals surface area contributed by atoms with Crippen LogP contribution in [0.4, 0.5) is 10.1 Å². The molecule has 9 heteroatoms. The Morgan fingerprint density at radius 3 is 2.64 bits per heavy atom. The zero-order chi connectivity index (χ0) is 20.0. The third kappa shape index (κ3) is 2.93. The largest absolute Gasteiger partial charge is 0.490 e. The van der Waals surface area contributed by atoms with Gasteiger partial charge in [-0.2, -0.15) is 0 Å². The van der Waals surface area contributed by atoms with E-state index in [1.807, 2.05) is 16.5 Å². The number of hydrogen-bond donors (Lipinski definition) is 1. The maximum Gasteiger partial charge on any atom is 0.342 e. The van der Waals surface area contributed by atoms with E-state index in [0.717, 1.165) is 13.1 Å². The van der Waals surface area contributed by atoms with Crippen molar-refractivity contribution in [2.24, 2.45) is 0 Å². The first-order valence-electron chi connectivity index (χ1n) is 9.29. The Kier molecular flexibility index (Phi) is 4.96. The van der Waals surface area contributed by atoms with Gasteiger partial charge in [-0.3, -0.25) is 4.79 Å². The number of piperazine rings is 1. The second kappa shape index (κ2) is 7.29. The van der Waals surface area contributed by atoms with Crippen LogP contribution in [-0.2, 0) is 6.54 Å². The van der Waals surface area contributed by atoms with Gasteiger partial charge in [0.1, 0.15) is 5.56 Å². The molecule has 0 spiro atoms. The van der Waals surface area contributed by atoms with E-state index in [1.54, 1.807) is 13.0 Å². The summed E-state index contributed by atoms with van der Waals surface area (Å²) in [6.45, 7) is 5.42. The van der Waals surface area contributed by atoms with Crippen LogP contribution >= 0.6 is 11.8 Å². The van der Waals surface area contributed by atoms with Crippen LogP contribution in [0, 0.1) is 5.82 Å². The molecule has 0 bridgehead atoms. The van der Waals surface area contributed by atoms with Crippen molar-refractivity contribution in [2.75, 3.05) is 50.5 Å². The minimum atomic E-state index is -1.30. The zero-order valence-electron chi connectivity index (χ0n) is 15.8. The molecule has 7 nitrogen and oxygen atoms in total. The van der Waals surface area contributed by atoms with Crippen LogP contribution in [0.2, 0.25) is 0 Å². The lowest BCUT2D eigenvalue weighted by Gasteiger charge is -2.34. The minimum absolute atomic E-state index is 0.0147. The lowest BCUT2D eigenvalue weighted by Crippen LogP contribution is -2.44. The number of halogens is 1. The topological polar surface area (TPSA) is 75.0 Å². The summed E-state index contributed by atoms with van der Waals surface area (Å²) >= 11 is 1.34. The van der Waals surface area contributed by atoms with E-state index in [4.69, 9.17) is 4.74 Å². The number of aromatic nitrogens is 1. The molecule has 2 aliphatic rings. The van der Waals surface area contributed by atoms with Crippen LogP contribution in [0.25, 0.3) is 10.9 Å². The molecular formula is C19H22FN3O4S. The number of carboxylic acids is 1. The Morgan fingerprint density at radius 1 is 1.29 bits per heavy atom.